The minimum Gasteiger partial charge on any atom is -0.467 e. The van der Waals surface area contributed by atoms with Crippen molar-refractivity contribution in [2.45, 2.75) is 6.10 Å². The number of esters is 1. The van der Waals surface area contributed by atoms with Crippen LogP contribution in [0, 0.1) is 0 Å². The Kier molecular flexibility index (Phi) is 2.92. The van der Waals surface area contributed by atoms with Crippen molar-refractivity contribution in [2.24, 2.45) is 0 Å². The Bertz CT molecular complexity index is 467. The molecule has 0 saturated heterocycles. The van der Waals surface area contributed by atoms with Crippen molar-refractivity contribution in [3.63, 3.8) is 0 Å². The molecule has 2 rings (SSSR count). The molecule has 0 N–H and O–H groups in total. The maximum Gasteiger partial charge on any atom is 0.342 e. The number of para-hydroxylation sites is 1. The van der Waals surface area contributed by atoms with Gasteiger partial charge in [0.15, 0.2) is 0 Å². The second-order valence-electron chi connectivity index (χ2n) is 3.33. The van der Waals surface area contributed by atoms with Crippen molar-refractivity contribution >= 4 is 16.9 Å². The van der Waals surface area contributed by atoms with Gasteiger partial charge in [-0.05, 0) is 12.1 Å². The average molecular weight is 220 g/mol. The van der Waals surface area contributed by atoms with Gasteiger partial charge in [0, 0.05) is 12.5 Å². The number of fused-ring (bicyclic) bond motifs is 1. The van der Waals surface area contributed by atoms with Crippen LogP contribution in [0.2, 0.25) is 0 Å². The predicted octanol–water partition coefficient (Wildman–Crippen LogP) is 2.29. The first kappa shape index (κ1) is 10.7. The fourth-order valence-corrected chi connectivity index (χ4v) is 1.57. The molecule has 1 aromatic carbocycles. The van der Waals surface area contributed by atoms with Crippen LogP contribution >= 0.6 is 0 Å². The summed E-state index contributed by atoms with van der Waals surface area (Å²) in [6.45, 7) is 0. The summed E-state index contributed by atoms with van der Waals surface area (Å²) >= 11 is 0. The van der Waals surface area contributed by atoms with Crippen molar-refractivity contribution in [1.29, 1.82) is 0 Å². The SMILES string of the molecule is COC(=O)C(OC)c1cc2ccccc2o1. The number of hydrogen-bond acceptors (Lipinski definition) is 4. The number of furan rings is 1. The quantitative estimate of drug-likeness (QED) is 0.744. The monoisotopic (exact) mass is 220 g/mol. The molecule has 1 heterocycles. The first-order chi connectivity index (χ1) is 7.76. The molecule has 4 heteroatoms. The van der Waals surface area contributed by atoms with Crippen molar-refractivity contribution in [3.05, 3.63) is 36.1 Å². The minimum atomic E-state index is -0.808. The molecule has 0 aliphatic carbocycles. The van der Waals surface area contributed by atoms with E-state index >= 15 is 0 Å². The van der Waals surface area contributed by atoms with E-state index < -0.39 is 12.1 Å². The molecule has 16 heavy (non-hydrogen) atoms. The van der Waals surface area contributed by atoms with E-state index in [2.05, 4.69) is 4.74 Å². The second kappa shape index (κ2) is 4.37. The lowest BCUT2D eigenvalue weighted by Crippen LogP contribution is -2.15. The molecule has 0 amide bonds. The second-order valence-corrected chi connectivity index (χ2v) is 3.33. The van der Waals surface area contributed by atoms with E-state index in [1.165, 1.54) is 14.2 Å². The highest BCUT2D eigenvalue weighted by Crippen LogP contribution is 2.26. The molecule has 0 spiro atoms. The lowest BCUT2D eigenvalue weighted by molar-refractivity contribution is -0.153. The third-order valence-corrected chi connectivity index (χ3v) is 2.35. The maximum absolute atomic E-state index is 11.4. The zero-order chi connectivity index (χ0) is 11.5. The van der Waals surface area contributed by atoms with Crippen molar-refractivity contribution in [3.8, 4) is 0 Å². The summed E-state index contributed by atoms with van der Waals surface area (Å²) in [5.41, 5.74) is 0.725. The lowest BCUT2D eigenvalue weighted by atomic mass is 10.2. The van der Waals surface area contributed by atoms with Crippen LogP contribution in [0.1, 0.15) is 11.9 Å². The molecule has 0 bridgehead atoms. The van der Waals surface area contributed by atoms with Crippen LogP contribution in [-0.2, 0) is 14.3 Å². The molecular weight excluding hydrogens is 208 g/mol. The summed E-state index contributed by atoms with van der Waals surface area (Å²) in [6, 6.07) is 9.30. The number of carbonyl (C=O) groups excluding carboxylic acids is 1. The van der Waals surface area contributed by atoms with Crippen LogP contribution in [0.15, 0.2) is 34.7 Å². The smallest absolute Gasteiger partial charge is 0.342 e. The van der Waals surface area contributed by atoms with E-state index in [-0.39, 0.29) is 0 Å². The van der Waals surface area contributed by atoms with Gasteiger partial charge < -0.3 is 13.9 Å². The highest BCUT2D eigenvalue weighted by Gasteiger charge is 2.24. The van der Waals surface area contributed by atoms with Crippen molar-refractivity contribution < 1.29 is 18.7 Å². The number of ether oxygens (including phenoxy) is 2. The van der Waals surface area contributed by atoms with Gasteiger partial charge in [0.2, 0.25) is 6.10 Å². The van der Waals surface area contributed by atoms with Crippen LogP contribution in [0.4, 0.5) is 0 Å². The summed E-state index contributed by atoms with van der Waals surface area (Å²) in [4.78, 5) is 11.4. The molecule has 0 fully saturated rings. The highest BCUT2D eigenvalue weighted by atomic mass is 16.6. The summed E-state index contributed by atoms with van der Waals surface area (Å²) < 4.78 is 15.2. The van der Waals surface area contributed by atoms with Gasteiger partial charge >= 0.3 is 5.97 Å². The fourth-order valence-electron chi connectivity index (χ4n) is 1.57. The maximum atomic E-state index is 11.4. The van der Waals surface area contributed by atoms with Gasteiger partial charge in [0.25, 0.3) is 0 Å². The van der Waals surface area contributed by atoms with Crippen LogP contribution in [0.3, 0.4) is 0 Å². The average Bonchev–Trinajstić information content (AvgIpc) is 2.72. The third-order valence-electron chi connectivity index (χ3n) is 2.35. The molecule has 0 radical (unpaired) electrons. The van der Waals surface area contributed by atoms with Crippen LogP contribution in [0.5, 0.6) is 0 Å². The minimum absolute atomic E-state index is 0.454. The van der Waals surface area contributed by atoms with E-state index in [9.17, 15) is 4.79 Å². The van der Waals surface area contributed by atoms with E-state index in [0.717, 1.165) is 11.0 Å². The molecule has 2 aromatic rings. The molecule has 0 aliphatic heterocycles. The van der Waals surface area contributed by atoms with Gasteiger partial charge in [0.05, 0.1) is 7.11 Å². The Hall–Kier alpha value is -1.81. The van der Waals surface area contributed by atoms with Crippen LogP contribution < -0.4 is 0 Å². The highest BCUT2D eigenvalue weighted by molar-refractivity contribution is 5.81. The van der Waals surface area contributed by atoms with Gasteiger partial charge in [-0.3, -0.25) is 0 Å². The fraction of sp³-hybridized carbons (Fsp3) is 0.250. The number of benzene rings is 1. The molecule has 0 saturated carbocycles. The van der Waals surface area contributed by atoms with Gasteiger partial charge in [0.1, 0.15) is 11.3 Å². The van der Waals surface area contributed by atoms with E-state index in [1.807, 2.05) is 24.3 Å². The number of rotatable bonds is 3. The van der Waals surface area contributed by atoms with E-state index in [0.29, 0.717) is 5.76 Å². The van der Waals surface area contributed by atoms with Gasteiger partial charge in [-0.15, -0.1) is 0 Å². The number of methoxy groups -OCH3 is 2. The topological polar surface area (TPSA) is 48.7 Å². The number of carbonyl (C=O) groups is 1. The largest absolute Gasteiger partial charge is 0.467 e. The molecule has 0 aliphatic rings. The Labute approximate surface area is 92.8 Å². The Morgan fingerprint density at radius 3 is 2.69 bits per heavy atom. The van der Waals surface area contributed by atoms with Gasteiger partial charge in [-0.1, -0.05) is 18.2 Å². The molecule has 84 valence electrons. The normalized spacial score (nSPS) is 12.6. The van der Waals surface area contributed by atoms with Crippen molar-refractivity contribution in [1.82, 2.24) is 0 Å². The summed E-state index contributed by atoms with van der Waals surface area (Å²) in [6.07, 6.45) is -0.808. The summed E-state index contributed by atoms with van der Waals surface area (Å²) in [5.74, 6) is -0.0166. The van der Waals surface area contributed by atoms with Crippen LogP contribution in [0.25, 0.3) is 11.0 Å². The molecule has 1 atom stereocenters. The van der Waals surface area contributed by atoms with Gasteiger partial charge in [-0.25, -0.2) is 4.79 Å². The summed E-state index contributed by atoms with van der Waals surface area (Å²) in [5, 5.41) is 0.934. The Morgan fingerprint density at radius 2 is 2.06 bits per heavy atom. The first-order valence-electron chi connectivity index (χ1n) is 4.85. The standard InChI is InChI=1S/C12H12O4/c1-14-11(12(13)15-2)10-7-8-5-3-4-6-9(8)16-10/h3-7,11H,1-2H3. The van der Waals surface area contributed by atoms with Crippen LogP contribution in [-0.4, -0.2) is 20.2 Å². The van der Waals surface area contributed by atoms with Gasteiger partial charge in [-0.2, -0.15) is 0 Å². The van der Waals surface area contributed by atoms with Crippen molar-refractivity contribution in [2.75, 3.05) is 14.2 Å². The Balaban J connectivity index is 2.41. The zero-order valence-corrected chi connectivity index (χ0v) is 9.10. The summed E-state index contributed by atoms with van der Waals surface area (Å²) in [7, 11) is 2.76. The third kappa shape index (κ3) is 1.79. The molecule has 1 aromatic heterocycles. The van der Waals surface area contributed by atoms with E-state index in [4.69, 9.17) is 9.15 Å². The lowest BCUT2D eigenvalue weighted by Gasteiger charge is -2.09. The molecule has 1 unspecified atom stereocenters. The molecule has 4 nitrogen and oxygen atoms in total. The Morgan fingerprint density at radius 1 is 1.31 bits per heavy atom. The predicted molar refractivity (Wildman–Crippen MR) is 58.0 cm³/mol. The zero-order valence-electron chi connectivity index (χ0n) is 9.10. The first-order valence-corrected chi connectivity index (χ1v) is 4.85. The van der Waals surface area contributed by atoms with E-state index in [1.54, 1.807) is 6.07 Å². The molecular formula is C12H12O4. The number of hydrogen-bond donors (Lipinski definition) is 0.